The lowest BCUT2D eigenvalue weighted by molar-refractivity contribution is 0.0684. The van der Waals surface area contributed by atoms with Gasteiger partial charge in [0.05, 0.1) is 0 Å². The van der Waals surface area contributed by atoms with E-state index in [0.717, 1.165) is 19.5 Å². The van der Waals surface area contributed by atoms with Crippen molar-refractivity contribution in [2.75, 3.05) is 13.1 Å². The Morgan fingerprint density at radius 3 is 3.00 bits per heavy atom. The molecule has 0 spiro atoms. The van der Waals surface area contributed by atoms with Crippen LogP contribution in [0.3, 0.4) is 0 Å². The maximum Gasteiger partial charge on any atom is 0.352 e. The van der Waals surface area contributed by atoms with Crippen molar-refractivity contribution >= 4 is 5.97 Å². The first-order valence-corrected chi connectivity index (χ1v) is 6.81. The van der Waals surface area contributed by atoms with Gasteiger partial charge in [0.1, 0.15) is 5.69 Å². The molecule has 1 aromatic rings. The lowest BCUT2D eigenvalue weighted by Crippen LogP contribution is -2.38. The molecule has 1 aliphatic heterocycles. The predicted octanol–water partition coefficient (Wildman–Crippen LogP) is 2.45. The topological polar surface area (TPSA) is 45.5 Å². The van der Waals surface area contributed by atoms with Crippen molar-refractivity contribution in [1.82, 2.24) is 9.47 Å². The van der Waals surface area contributed by atoms with E-state index in [-0.39, 0.29) is 0 Å². The highest BCUT2D eigenvalue weighted by Gasteiger charge is 2.17. The number of hydrogen-bond donors (Lipinski definition) is 1. The molecule has 1 unspecified atom stereocenters. The fourth-order valence-corrected chi connectivity index (χ4v) is 2.74. The predicted molar refractivity (Wildman–Crippen MR) is 70.9 cm³/mol. The van der Waals surface area contributed by atoms with Crippen molar-refractivity contribution < 1.29 is 9.90 Å². The van der Waals surface area contributed by atoms with Crippen LogP contribution in [0.1, 0.15) is 43.1 Å². The highest BCUT2D eigenvalue weighted by atomic mass is 16.4. The molecule has 2 rings (SSSR count). The summed E-state index contributed by atoms with van der Waals surface area (Å²) in [6.45, 7) is 5.34. The first-order valence-electron chi connectivity index (χ1n) is 6.81. The molecule has 0 aromatic carbocycles. The van der Waals surface area contributed by atoms with Crippen LogP contribution >= 0.6 is 0 Å². The molecule has 0 saturated carbocycles. The standard InChI is InChI=1S/C14H22N2O2/c1-12-6-2-3-8-15(12)10-5-11-16-9-4-7-13(16)14(17)18/h4,7,9,12H,2-3,5-6,8,10-11H2,1H3,(H,17,18). The quantitative estimate of drug-likeness (QED) is 0.873. The summed E-state index contributed by atoms with van der Waals surface area (Å²) in [6.07, 6.45) is 6.80. The zero-order valence-corrected chi connectivity index (χ0v) is 11.0. The molecule has 100 valence electrons. The second-order valence-corrected chi connectivity index (χ2v) is 5.13. The monoisotopic (exact) mass is 250 g/mol. The average molecular weight is 250 g/mol. The third-order valence-electron chi connectivity index (χ3n) is 3.83. The summed E-state index contributed by atoms with van der Waals surface area (Å²) >= 11 is 0. The Morgan fingerprint density at radius 2 is 2.28 bits per heavy atom. The van der Waals surface area contributed by atoms with Crippen molar-refractivity contribution in [1.29, 1.82) is 0 Å². The summed E-state index contributed by atoms with van der Waals surface area (Å²) in [5.41, 5.74) is 0.390. The first kappa shape index (κ1) is 13.1. The number of nitrogens with zero attached hydrogens (tertiary/aromatic N) is 2. The molecule has 1 fully saturated rings. The van der Waals surface area contributed by atoms with Gasteiger partial charge in [0.25, 0.3) is 0 Å². The SMILES string of the molecule is CC1CCCCN1CCCn1cccc1C(=O)O. The van der Waals surface area contributed by atoms with E-state index in [0.29, 0.717) is 11.7 Å². The minimum atomic E-state index is -0.841. The Bertz CT molecular complexity index is 400. The van der Waals surface area contributed by atoms with Gasteiger partial charge in [-0.2, -0.15) is 0 Å². The highest BCUT2D eigenvalue weighted by Crippen LogP contribution is 2.16. The summed E-state index contributed by atoms with van der Waals surface area (Å²) in [5, 5.41) is 9.01. The van der Waals surface area contributed by atoms with E-state index < -0.39 is 5.97 Å². The zero-order valence-electron chi connectivity index (χ0n) is 11.0. The number of hydrogen-bond acceptors (Lipinski definition) is 2. The van der Waals surface area contributed by atoms with Gasteiger partial charge >= 0.3 is 5.97 Å². The molecule has 1 saturated heterocycles. The summed E-state index contributed by atoms with van der Waals surface area (Å²) in [5.74, 6) is -0.841. The molecule has 1 aromatic heterocycles. The van der Waals surface area contributed by atoms with Gasteiger partial charge in [-0.25, -0.2) is 4.79 Å². The second kappa shape index (κ2) is 6.05. The third-order valence-corrected chi connectivity index (χ3v) is 3.83. The van der Waals surface area contributed by atoms with Gasteiger partial charge in [-0.05, 0) is 44.9 Å². The minimum absolute atomic E-state index is 0.390. The molecule has 0 bridgehead atoms. The number of carboxylic acids is 1. The van der Waals surface area contributed by atoms with Crippen LogP contribution < -0.4 is 0 Å². The van der Waals surface area contributed by atoms with Gasteiger partial charge in [-0.1, -0.05) is 6.42 Å². The van der Waals surface area contributed by atoms with Crippen LogP contribution in [0.15, 0.2) is 18.3 Å². The Morgan fingerprint density at radius 1 is 1.44 bits per heavy atom. The van der Waals surface area contributed by atoms with E-state index in [1.54, 1.807) is 12.1 Å². The number of aromatic nitrogens is 1. The summed E-state index contributed by atoms with van der Waals surface area (Å²) < 4.78 is 1.83. The Kier molecular flexibility index (Phi) is 4.42. The molecule has 4 nitrogen and oxygen atoms in total. The van der Waals surface area contributed by atoms with Gasteiger partial charge in [0, 0.05) is 25.3 Å². The average Bonchev–Trinajstić information content (AvgIpc) is 2.80. The Balaban J connectivity index is 1.81. The van der Waals surface area contributed by atoms with Gasteiger partial charge in [0.15, 0.2) is 0 Å². The fraction of sp³-hybridized carbons (Fsp3) is 0.643. The van der Waals surface area contributed by atoms with Gasteiger partial charge in [-0.3, -0.25) is 0 Å². The van der Waals surface area contributed by atoms with Crippen LogP contribution in [-0.2, 0) is 6.54 Å². The van der Waals surface area contributed by atoms with E-state index in [1.165, 1.54) is 25.8 Å². The molecule has 2 heterocycles. The van der Waals surface area contributed by atoms with Gasteiger partial charge < -0.3 is 14.6 Å². The van der Waals surface area contributed by atoms with Gasteiger partial charge in [-0.15, -0.1) is 0 Å². The van der Waals surface area contributed by atoms with E-state index in [4.69, 9.17) is 5.11 Å². The molecular weight excluding hydrogens is 228 g/mol. The Labute approximate surface area is 108 Å². The smallest absolute Gasteiger partial charge is 0.352 e. The van der Waals surface area contributed by atoms with E-state index >= 15 is 0 Å². The molecule has 0 radical (unpaired) electrons. The van der Waals surface area contributed by atoms with Crippen molar-refractivity contribution in [3.05, 3.63) is 24.0 Å². The van der Waals surface area contributed by atoms with Gasteiger partial charge in [0.2, 0.25) is 0 Å². The fourth-order valence-electron chi connectivity index (χ4n) is 2.74. The number of aryl methyl sites for hydroxylation is 1. The summed E-state index contributed by atoms with van der Waals surface area (Å²) in [4.78, 5) is 13.5. The molecule has 0 aliphatic carbocycles. The number of carbonyl (C=O) groups is 1. The molecule has 18 heavy (non-hydrogen) atoms. The highest BCUT2D eigenvalue weighted by molar-refractivity contribution is 5.85. The maximum atomic E-state index is 11.0. The molecular formula is C14H22N2O2. The van der Waals surface area contributed by atoms with Crippen LogP contribution in [0.4, 0.5) is 0 Å². The molecule has 1 N–H and O–H groups in total. The summed E-state index contributed by atoms with van der Waals surface area (Å²) in [6, 6.07) is 4.14. The van der Waals surface area contributed by atoms with Crippen molar-refractivity contribution in [3.63, 3.8) is 0 Å². The summed E-state index contributed by atoms with van der Waals surface area (Å²) in [7, 11) is 0. The number of carboxylic acid groups (broad SMARTS) is 1. The molecule has 1 aliphatic rings. The lowest BCUT2D eigenvalue weighted by Gasteiger charge is -2.33. The normalized spacial score (nSPS) is 21.1. The molecule has 4 heteroatoms. The first-order chi connectivity index (χ1) is 8.68. The Hall–Kier alpha value is -1.29. The van der Waals surface area contributed by atoms with Crippen LogP contribution in [0.2, 0.25) is 0 Å². The second-order valence-electron chi connectivity index (χ2n) is 5.13. The van der Waals surface area contributed by atoms with Crippen molar-refractivity contribution in [2.45, 2.75) is 45.2 Å². The maximum absolute atomic E-state index is 11.0. The number of likely N-dealkylation sites (tertiary alicyclic amines) is 1. The third kappa shape index (κ3) is 3.13. The number of rotatable bonds is 5. The van der Waals surface area contributed by atoms with E-state index in [2.05, 4.69) is 11.8 Å². The zero-order chi connectivity index (χ0) is 13.0. The van der Waals surface area contributed by atoms with Crippen LogP contribution in [-0.4, -0.2) is 39.7 Å². The minimum Gasteiger partial charge on any atom is -0.477 e. The van der Waals surface area contributed by atoms with E-state index in [1.807, 2.05) is 10.8 Å². The van der Waals surface area contributed by atoms with Crippen LogP contribution in [0, 0.1) is 0 Å². The molecule has 0 amide bonds. The van der Waals surface area contributed by atoms with Crippen molar-refractivity contribution in [2.24, 2.45) is 0 Å². The van der Waals surface area contributed by atoms with Crippen LogP contribution in [0.25, 0.3) is 0 Å². The van der Waals surface area contributed by atoms with Crippen molar-refractivity contribution in [3.8, 4) is 0 Å². The van der Waals surface area contributed by atoms with Crippen LogP contribution in [0.5, 0.6) is 0 Å². The van der Waals surface area contributed by atoms with E-state index in [9.17, 15) is 4.79 Å². The molecule has 1 atom stereocenters. The largest absolute Gasteiger partial charge is 0.477 e. The number of piperidine rings is 1. The number of aromatic carboxylic acids is 1. The lowest BCUT2D eigenvalue weighted by atomic mass is 10.0.